The molecule has 0 N–H and O–H groups in total. The van der Waals surface area contributed by atoms with Crippen LogP contribution < -0.4 is 0 Å². The predicted octanol–water partition coefficient (Wildman–Crippen LogP) is 4.47. The lowest BCUT2D eigenvalue weighted by Gasteiger charge is -2.02. The van der Waals surface area contributed by atoms with E-state index < -0.39 is 0 Å². The van der Waals surface area contributed by atoms with Crippen LogP contribution in [0.5, 0.6) is 0 Å². The first-order valence-electron chi connectivity index (χ1n) is 4.67. The lowest BCUT2D eigenvalue weighted by molar-refractivity contribution is 1.55. The maximum atomic E-state index is 2.17. The summed E-state index contributed by atoms with van der Waals surface area (Å²) in [7, 11) is 0. The summed E-state index contributed by atoms with van der Waals surface area (Å²) in [4.78, 5) is 1.32. The van der Waals surface area contributed by atoms with Crippen molar-refractivity contribution in [2.24, 2.45) is 0 Å². The van der Waals surface area contributed by atoms with Crippen LogP contribution in [0, 0.1) is 0 Å². The molecule has 0 bridgehead atoms. The monoisotopic (exact) mass is 200 g/mol. The lowest BCUT2D eigenvalue weighted by Crippen LogP contribution is -1.74. The molecule has 0 saturated carbocycles. The Morgan fingerprint density at radius 1 is 1.00 bits per heavy atom. The van der Waals surface area contributed by atoms with Crippen molar-refractivity contribution in [3.8, 4) is 0 Å². The van der Waals surface area contributed by atoms with Gasteiger partial charge in [0, 0.05) is 4.90 Å². The topological polar surface area (TPSA) is 0 Å². The van der Waals surface area contributed by atoms with E-state index >= 15 is 0 Å². The second-order valence-corrected chi connectivity index (χ2v) is 4.01. The molecule has 0 unspecified atom stereocenters. The minimum Gasteiger partial charge on any atom is -0.0978 e. The quantitative estimate of drug-likeness (QED) is 0.645. The Bertz CT molecular complexity index is 452. The van der Waals surface area contributed by atoms with Crippen LogP contribution in [0.25, 0.3) is 10.8 Å². The van der Waals surface area contributed by atoms with Crippen molar-refractivity contribution in [3.05, 3.63) is 53.9 Å². The minimum atomic E-state index is 1.31. The van der Waals surface area contributed by atoms with Gasteiger partial charge in [0.25, 0.3) is 0 Å². The van der Waals surface area contributed by atoms with Gasteiger partial charge in [0.15, 0.2) is 0 Å². The maximum absolute atomic E-state index is 2.17. The molecule has 0 aromatic heterocycles. The number of allylic oxidation sites excluding steroid dienone is 1. The Morgan fingerprint density at radius 3 is 2.64 bits per heavy atom. The number of hydrogen-bond donors (Lipinski definition) is 0. The Hall–Kier alpha value is -1.21. The van der Waals surface area contributed by atoms with Crippen LogP contribution >= 0.6 is 11.8 Å². The molecule has 0 saturated heterocycles. The van der Waals surface area contributed by atoms with Crippen LogP contribution in [0.4, 0.5) is 0 Å². The first-order valence-corrected chi connectivity index (χ1v) is 5.55. The third kappa shape index (κ3) is 1.83. The summed E-state index contributed by atoms with van der Waals surface area (Å²) in [5.74, 6) is 0. The first kappa shape index (κ1) is 9.35. The first-order chi connectivity index (χ1) is 6.92. The summed E-state index contributed by atoms with van der Waals surface area (Å²) >= 11 is 1.77. The van der Waals surface area contributed by atoms with E-state index in [0.29, 0.717) is 0 Å². The van der Waals surface area contributed by atoms with E-state index in [1.54, 1.807) is 11.8 Å². The minimum absolute atomic E-state index is 1.31. The van der Waals surface area contributed by atoms with Gasteiger partial charge in [0.2, 0.25) is 0 Å². The highest BCUT2D eigenvalue weighted by Crippen LogP contribution is 2.28. The van der Waals surface area contributed by atoms with Crippen molar-refractivity contribution >= 4 is 22.5 Å². The highest BCUT2D eigenvalue weighted by Gasteiger charge is 1.97. The van der Waals surface area contributed by atoms with Gasteiger partial charge in [0.1, 0.15) is 0 Å². The van der Waals surface area contributed by atoms with Crippen LogP contribution in [0.15, 0.2) is 58.8 Å². The molecule has 0 aliphatic rings. The van der Waals surface area contributed by atoms with Crippen LogP contribution in [0.3, 0.4) is 0 Å². The van der Waals surface area contributed by atoms with E-state index in [2.05, 4.69) is 53.9 Å². The Morgan fingerprint density at radius 2 is 1.79 bits per heavy atom. The zero-order valence-electron chi connectivity index (χ0n) is 8.10. The summed E-state index contributed by atoms with van der Waals surface area (Å²) in [6, 6.07) is 14.9. The van der Waals surface area contributed by atoms with Gasteiger partial charge in [-0.25, -0.2) is 0 Å². The number of rotatable bonds is 2. The molecule has 0 amide bonds. The van der Waals surface area contributed by atoms with Gasteiger partial charge < -0.3 is 0 Å². The van der Waals surface area contributed by atoms with Gasteiger partial charge in [0.05, 0.1) is 0 Å². The average molecular weight is 200 g/mol. The number of hydrogen-bond acceptors (Lipinski definition) is 1. The third-order valence-electron chi connectivity index (χ3n) is 2.08. The number of benzene rings is 2. The fraction of sp³-hybridized carbons (Fsp3) is 0.0769. The predicted molar refractivity (Wildman–Crippen MR) is 64.6 cm³/mol. The Labute approximate surface area is 88.6 Å². The SMILES string of the molecule is CC=CSc1cccc2ccccc12. The van der Waals surface area contributed by atoms with Gasteiger partial charge in [-0.3, -0.25) is 0 Å². The maximum Gasteiger partial charge on any atom is 0.0194 e. The molecule has 2 rings (SSSR count). The number of fused-ring (bicyclic) bond motifs is 1. The molecule has 1 heteroatoms. The highest BCUT2D eigenvalue weighted by molar-refractivity contribution is 8.02. The summed E-state index contributed by atoms with van der Waals surface area (Å²) in [5.41, 5.74) is 0. The van der Waals surface area contributed by atoms with E-state index in [9.17, 15) is 0 Å². The van der Waals surface area contributed by atoms with Crippen LogP contribution in [0.2, 0.25) is 0 Å². The van der Waals surface area contributed by atoms with Crippen LogP contribution in [-0.2, 0) is 0 Å². The molecule has 70 valence electrons. The molecule has 2 aromatic carbocycles. The second-order valence-electron chi connectivity index (χ2n) is 3.06. The van der Waals surface area contributed by atoms with E-state index in [-0.39, 0.29) is 0 Å². The van der Waals surface area contributed by atoms with Gasteiger partial charge in [-0.15, -0.1) is 0 Å². The molecule has 0 radical (unpaired) electrons. The van der Waals surface area contributed by atoms with Gasteiger partial charge in [-0.1, -0.05) is 54.2 Å². The van der Waals surface area contributed by atoms with Gasteiger partial charge >= 0.3 is 0 Å². The average Bonchev–Trinajstić information content (AvgIpc) is 2.26. The van der Waals surface area contributed by atoms with Crippen LogP contribution in [0.1, 0.15) is 6.92 Å². The second kappa shape index (κ2) is 4.34. The zero-order valence-corrected chi connectivity index (χ0v) is 8.92. The van der Waals surface area contributed by atoms with Crippen molar-refractivity contribution < 1.29 is 0 Å². The molecule has 2 aromatic rings. The van der Waals surface area contributed by atoms with Crippen LogP contribution in [-0.4, -0.2) is 0 Å². The Balaban J connectivity index is 2.53. The largest absolute Gasteiger partial charge is 0.0978 e. The molecule has 0 atom stereocenters. The smallest absolute Gasteiger partial charge is 0.0194 e. The van der Waals surface area contributed by atoms with Crippen molar-refractivity contribution in [1.82, 2.24) is 0 Å². The van der Waals surface area contributed by atoms with Crippen molar-refractivity contribution in [1.29, 1.82) is 0 Å². The molecule has 0 aliphatic heterocycles. The lowest BCUT2D eigenvalue weighted by atomic mass is 10.1. The summed E-state index contributed by atoms with van der Waals surface area (Å²) < 4.78 is 0. The van der Waals surface area contributed by atoms with Gasteiger partial charge in [-0.05, 0) is 29.2 Å². The van der Waals surface area contributed by atoms with E-state index in [4.69, 9.17) is 0 Å². The van der Waals surface area contributed by atoms with E-state index in [1.807, 2.05) is 6.92 Å². The molecular weight excluding hydrogens is 188 g/mol. The molecule has 0 nitrogen and oxygen atoms in total. The van der Waals surface area contributed by atoms with Crippen molar-refractivity contribution in [3.63, 3.8) is 0 Å². The fourth-order valence-electron chi connectivity index (χ4n) is 1.44. The zero-order chi connectivity index (χ0) is 9.80. The van der Waals surface area contributed by atoms with Gasteiger partial charge in [-0.2, -0.15) is 0 Å². The standard InChI is InChI=1S/C13H12S/c1-2-10-14-13-9-5-7-11-6-3-4-8-12(11)13/h2-10H,1H3. The molecule has 0 spiro atoms. The Kier molecular flexibility index (Phi) is 2.90. The molecule has 14 heavy (non-hydrogen) atoms. The summed E-state index contributed by atoms with van der Waals surface area (Å²) in [6.45, 7) is 2.04. The van der Waals surface area contributed by atoms with E-state index in [1.165, 1.54) is 15.7 Å². The number of thioether (sulfide) groups is 1. The molecule has 0 heterocycles. The van der Waals surface area contributed by atoms with E-state index in [0.717, 1.165) is 0 Å². The molecule has 0 aliphatic carbocycles. The summed E-state index contributed by atoms with van der Waals surface area (Å²) in [5, 5.41) is 4.75. The summed E-state index contributed by atoms with van der Waals surface area (Å²) in [6.07, 6.45) is 2.06. The van der Waals surface area contributed by atoms with Crippen molar-refractivity contribution in [2.45, 2.75) is 11.8 Å². The highest BCUT2D eigenvalue weighted by atomic mass is 32.2. The third-order valence-corrected chi connectivity index (χ3v) is 3.10. The molecular formula is C13H12S. The normalized spacial score (nSPS) is 11.2. The van der Waals surface area contributed by atoms with Crippen molar-refractivity contribution in [2.75, 3.05) is 0 Å². The fourth-order valence-corrected chi connectivity index (χ4v) is 2.19. The molecule has 0 fully saturated rings.